The Hall–Kier alpha value is -3.45. The second-order valence-electron chi connectivity index (χ2n) is 12.3. The van der Waals surface area contributed by atoms with Crippen LogP contribution in [0.25, 0.3) is 5.69 Å². The number of hydrogen-bond acceptors (Lipinski definition) is 9. The van der Waals surface area contributed by atoms with Crippen LogP contribution in [0.5, 0.6) is 5.75 Å². The maximum Gasteiger partial charge on any atom is 0.338 e. The van der Waals surface area contributed by atoms with Gasteiger partial charge in [0, 0.05) is 49.1 Å². The Kier molecular flexibility index (Phi) is 9.19. The van der Waals surface area contributed by atoms with E-state index in [0.29, 0.717) is 60.4 Å². The predicted molar refractivity (Wildman–Crippen MR) is 170 cm³/mol. The van der Waals surface area contributed by atoms with E-state index in [-0.39, 0.29) is 42.5 Å². The number of carbonyl (C=O) groups is 1. The Bertz CT molecular complexity index is 1710. The highest BCUT2D eigenvalue weighted by Crippen LogP contribution is 2.45. The van der Waals surface area contributed by atoms with Crippen LogP contribution in [0.2, 0.25) is 5.02 Å². The molecule has 1 aliphatic carbocycles. The molecular weight excluding hydrogens is 620 g/mol. The van der Waals surface area contributed by atoms with Crippen molar-refractivity contribution in [3.63, 3.8) is 0 Å². The van der Waals surface area contributed by atoms with E-state index in [1.54, 1.807) is 54.7 Å². The maximum absolute atomic E-state index is 13.7. The number of sulfonamides is 1. The minimum atomic E-state index is -3.68. The van der Waals surface area contributed by atoms with Gasteiger partial charge in [0.2, 0.25) is 15.8 Å². The molecule has 45 heavy (non-hydrogen) atoms. The Balaban J connectivity index is 1.13. The summed E-state index contributed by atoms with van der Waals surface area (Å²) in [6.45, 7) is 5.22. The van der Waals surface area contributed by atoms with Crippen molar-refractivity contribution in [1.82, 2.24) is 14.1 Å². The molecule has 2 saturated heterocycles. The van der Waals surface area contributed by atoms with E-state index < -0.39 is 21.6 Å². The van der Waals surface area contributed by atoms with Crippen molar-refractivity contribution in [3.05, 3.63) is 81.2 Å². The van der Waals surface area contributed by atoms with Gasteiger partial charge in [-0.2, -0.15) is 14.1 Å². The van der Waals surface area contributed by atoms with Crippen LogP contribution in [0.4, 0.5) is 5.69 Å². The molecule has 3 heterocycles. The lowest BCUT2D eigenvalue weighted by Crippen LogP contribution is -2.49. The number of carbonyl (C=O) groups excluding carboxylic acids is 1. The summed E-state index contributed by atoms with van der Waals surface area (Å²) in [6.07, 6.45) is 4.52. The number of rotatable bonds is 11. The van der Waals surface area contributed by atoms with Crippen LogP contribution in [0.1, 0.15) is 42.1 Å². The molecule has 13 heteroatoms. The fourth-order valence-corrected chi connectivity index (χ4v) is 7.16. The highest BCUT2D eigenvalue weighted by molar-refractivity contribution is 7.88. The van der Waals surface area contributed by atoms with Gasteiger partial charge in [0.25, 0.3) is 0 Å². The van der Waals surface area contributed by atoms with Crippen molar-refractivity contribution in [3.8, 4) is 11.4 Å². The maximum atomic E-state index is 13.7. The van der Waals surface area contributed by atoms with Crippen LogP contribution in [-0.2, 0) is 25.2 Å². The van der Waals surface area contributed by atoms with E-state index in [2.05, 4.69) is 12.0 Å². The number of aromatic nitrogens is 2. The number of piperazine rings is 1. The van der Waals surface area contributed by atoms with Crippen LogP contribution in [0.15, 0.2) is 59.5 Å². The summed E-state index contributed by atoms with van der Waals surface area (Å²) < 4.78 is 46.5. The quantitative estimate of drug-likeness (QED) is 0.283. The fraction of sp³-hybridized carbons (Fsp3) is 0.469. The van der Waals surface area contributed by atoms with Crippen molar-refractivity contribution in [1.29, 1.82) is 0 Å². The second kappa shape index (κ2) is 13.1. The topological polar surface area (TPSA) is 120 Å². The van der Waals surface area contributed by atoms with Gasteiger partial charge in [-0.3, -0.25) is 4.79 Å². The number of halogens is 1. The number of esters is 1. The van der Waals surface area contributed by atoms with Crippen LogP contribution in [0, 0.1) is 11.3 Å². The first-order valence-corrected chi connectivity index (χ1v) is 17.2. The minimum absolute atomic E-state index is 0.0413. The van der Waals surface area contributed by atoms with Crippen molar-refractivity contribution < 1.29 is 27.4 Å². The van der Waals surface area contributed by atoms with Gasteiger partial charge in [-0.25, -0.2) is 13.2 Å². The number of anilines is 1. The normalized spacial score (nSPS) is 19.8. The minimum Gasteiger partial charge on any atom is -0.486 e. The molecule has 0 amide bonds. The molecule has 2 aliphatic heterocycles. The van der Waals surface area contributed by atoms with Gasteiger partial charge in [-0.15, -0.1) is 0 Å². The first kappa shape index (κ1) is 31.5. The van der Waals surface area contributed by atoms with Gasteiger partial charge in [0.15, 0.2) is 0 Å². The Morgan fingerprint density at radius 1 is 1.11 bits per heavy atom. The van der Waals surface area contributed by atoms with Gasteiger partial charge < -0.3 is 19.1 Å². The van der Waals surface area contributed by atoms with E-state index in [1.165, 1.54) is 8.99 Å². The smallest absolute Gasteiger partial charge is 0.338 e. The monoisotopic (exact) mass is 656 g/mol. The molecule has 3 fully saturated rings. The van der Waals surface area contributed by atoms with Crippen molar-refractivity contribution >= 4 is 33.3 Å². The van der Waals surface area contributed by atoms with Gasteiger partial charge in [0.05, 0.1) is 43.0 Å². The Morgan fingerprint density at radius 3 is 2.60 bits per heavy atom. The average molecular weight is 657 g/mol. The molecule has 1 aromatic heterocycles. The van der Waals surface area contributed by atoms with Gasteiger partial charge in [-0.1, -0.05) is 36.7 Å². The lowest BCUT2D eigenvalue weighted by atomic mass is 10.1. The summed E-state index contributed by atoms with van der Waals surface area (Å²) in [7, 11) is -3.68. The first-order valence-electron chi connectivity index (χ1n) is 15.2. The van der Waals surface area contributed by atoms with E-state index in [4.69, 9.17) is 25.8 Å². The zero-order valence-electron chi connectivity index (χ0n) is 25.2. The van der Waals surface area contributed by atoms with Crippen molar-refractivity contribution in [2.24, 2.45) is 11.3 Å². The molecule has 3 aromatic rings. The molecule has 3 aliphatic rings. The Morgan fingerprint density at radius 2 is 1.89 bits per heavy atom. The van der Waals surface area contributed by atoms with E-state index >= 15 is 0 Å². The third-order valence-electron chi connectivity index (χ3n) is 8.59. The number of benzene rings is 2. The molecule has 0 spiro atoms. The van der Waals surface area contributed by atoms with Crippen molar-refractivity contribution in [2.75, 3.05) is 57.5 Å². The summed E-state index contributed by atoms with van der Waals surface area (Å²) >= 11 is 6.17. The van der Waals surface area contributed by atoms with E-state index in [1.807, 2.05) is 4.90 Å². The van der Waals surface area contributed by atoms with Gasteiger partial charge >= 0.3 is 11.5 Å². The standard InChI is InChI=1S/C32H37ClN4O7S/c1-32(9-10-32)22-44-29-28(18-34-37(30(29)38)27-7-3-6-26(33)17-27)35-11-13-36(14-12-35)45(40,41)21-23-4-2-5-25(16-23)31(39)43-20-24-8-15-42-19-24/h2-7,16-18,24H,8-15,19-22H2,1H3. The van der Waals surface area contributed by atoms with E-state index in [9.17, 15) is 18.0 Å². The largest absolute Gasteiger partial charge is 0.486 e. The molecule has 240 valence electrons. The van der Waals surface area contributed by atoms with Crippen molar-refractivity contribution in [2.45, 2.75) is 31.9 Å². The molecule has 0 bridgehead atoms. The average Bonchev–Trinajstić information content (AvgIpc) is 3.53. The number of nitrogens with zero attached hydrogens (tertiary/aromatic N) is 4. The Labute approximate surface area is 267 Å². The zero-order valence-corrected chi connectivity index (χ0v) is 26.8. The molecule has 1 saturated carbocycles. The lowest BCUT2D eigenvalue weighted by molar-refractivity contribution is 0.0428. The first-order chi connectivity index (χ1) is 21.6. The second-order valence-corrected chi connectivity index (χ2v) is 14.7. The predicted octanol–water partition coefficient (Wildman–Crippen LogP) is 3.91. The molecule has 1 unspecified atom stereocenters. The summed E-state index contributed by atoms with van der Waals surface area (Å²) in [6, 6.07) is 13.4. The highest BCUT2D eigenvalue weighted by Gasteiger charge is 2.39. The van der Waals surface area contributed by atoms with Crippen LogP contribution in [0.3, 0.4) is 0 Å². The number of ether oxygens (including phenoxy) is 3. The third kappa shape index (κ3) is 7.51. The van der Waals surface area contributed by atoms with Crippen LogP contribution >= 0.6 is 11.6 Å². The summed E-state index contributed by atoms with van der Waals surface area (Å²) in [5.41, 5.74) is 1.53. The third-order valence-corrected chi connectivity index (χ3v) is 10.7. The molecule has 0 radical (unpaired) electrons. The molecule has 0 N–H and O–H groups in total. The lowest BCUT2D eigenvalue weighted by Gasteiger charge is -2.35. The molecule has 11 nitrogen and oxygen atoms in total. The van der Waals surface area contributed by atoms with Crippen LogP contribution < -0.4 is 15.2 Å². The van der Waals surface area contributed by atoms with Crippen LogP contribution in [-0.4, -0.2) is 81.1 Å². The SMILES string of the molecule is CC1(COc2c(N3CCN(S(=O)(=O)Cc4cccc(C(=O)OCC5CCOC5)c4)CC3)cnn(-c3cccc(Cl)c3)c2=O)CC1. The fourth-order valence-electron chi connectivity index (χ4n) is 5.47. The molecule has 1 atom stereocenters. The summed E-state index contributed by atoms with van der Waals surface area (Å²) in [4.78, 5) is 28.2. The summed E-state index contributed by atoms with van der Waals surface area (Å²) in [5.74, 6) is -0.335. The zero-order chi connectivity index (χ0) is 31.6. The highest BCUT2D eigenvalue weighted by atomic mass is 35.5. The summed E-state index contributed by atoms with van der Waals surface area (Å²) in [5, 5.41) is 4.90. The van der Waals surface area contributed by atoms with Gasteiger partial charge in [0.1, 0.15) is 5.69 Å². The van der Waals surface area contributed by atoms with E-state index in [0.717, 1.165) is 19.3 Å². The van der Waals surface area contributed by atoms with Gasteiger partial charge in [-0.05, 0) is 55.2 Å². The molecule has 6 rings (SSSR count). The molecule has 2 aromatic carbocycles. The number of hydrogen-bond donors (Lipinski definition) is 0. The molecular formula is C32H37ClN4O7S.